The second-order valence-electron chi connectivity index (χ2n) is 6.61. The second kappa shape index (κ2) is 10.9. The fourth-order valence-electron chi connectivity index (χ4n) is 2.92. The molecule has 0 saturated carbocycles. The summed E-state index contributed by atoms with van der Waals surface area (Å²) in [5.41, 5.74) is 3.41. The van der Waals surface area contributed by atoms with Gasteiger partial charge >= 0.3 is 0 Å². The van der Waals surface area contributed by atoms with Gasteiger partial charge in [-0.1, -0.05) is 30.3 Å². The van der Waals surface area contributed by atoms with Gasteiger partial charge < -0.3 is 10.2 Å². The largest absolute Gasteiger partial charge is 0.339 e. The number of aromatic nitrogens is 1. The number of amides is 2. The van der Waals surface area contributed by atoms with E-state index in [1.807, 2.05) is 49.6 Å². The third-order valence-corrected chi connectivity index (χ3v) is 6.43. The Hall–Kier alpha value is -2.64. The summed E-state index contributed by atoms with van der Waals surface area (Å²) in [6.45, 7) is 5.28. The van der Waals surface area contributed by atoms with Gasteiger partial charge in [-0.05, 0) is 38.1 Å². The summed E-state index contributed by atoms with van der Waals surface area (Å²) in [4.78, 5) is 31.0. The van der Waals surface area contributed by atoms with Crippen molar-refractivity contribution in [3.63, 3.8) is 0 Å². The van der Waals surface area contributed by atoms with E-state index in [0.717, 1.165) is 16.3 Å². The Morgan fingerprint density at radius 3 is 2.40 bits per heavy atom. The predicted octanol–water partition coefficient (Wildman–Crippen LogP) is 5.16. The van der Waals surface area contributed by atoms with Crippen LogP contribution < -0.4 is 5.32 Å². The number of hydrogen-bond acceptors (Lipinski definition) is 5. The molecule has 0 unspecified atom stereocenters. The van der Waals surface area contributed by atoms with Crippen molar-refractivity contribution in [2.24, 2.45) is 0 Å². The van der Waals surface area contributed by atoms with E-state index in [9.17, 15) is 9.59 Å². The second-order valence-corrected chi connectivity index (χ2v) is 8.45. The molecule has 1 aromatic heterocycles. The SMILES string of the molecule is CCN(CC)C(=O)c1ccc(NC(=O)CSCc2csc(-c3ccccc3)n2)cc1. The summed E-state index contributed by atoms with van der Waals surface area (Å²) in [6.07, 6.45) is 0. The molecule has 2 aromatic carbocycles. The van der Waals surface area contributed by atoms with Crippen molar-refractivity contribution in [3.05, 3.63) is 71.2 Å². The summed E-state index contributed by atoms with van der Waals surface area (Å²) in [5.74, 6) is 0.972. The Balaban J connectivity index is 1.46. The summed E-state index contributed by atoms with van der Waals surface area (Å²) < 4.78 is 0. The number of nitrogens with zero attached hydrogens (tertiary/aromatic N) is 2. The van der Waals surface area contributed by atoms with Crippen LogP contribution in [0.15, 0.2) is 60.0 Å². The molecule has 2 amide bonds. The van der Waals surface area contributed by atoms with Gasteiger partial charge in [0.1, 0.15) is 5.01 Å². The van der Waals surface area contributed by atoms with Crippen molar-refractivity contribution in [1.82, 2.24) is 9.88 Å². The Bertz CT molecular complexity index is 968. The van der Waals surface area contributed by atoms with Crippen LogP contribution in [0.4, 0.5) is 5.69 Å². The number of anilines is 1. The fourth-order valence-corrected chi connectivity index (χ4v) is 4.57. The van der Waals surface area contributed by atoms with Gasteiger partial charge in [0, 0.05) is 41.0 Å². The maximum Gasteiger partial charge on any atom is 0.253 e. The molecule has 0 radical (unpaired) electrons. The molecule has 0 aliphatic rings. The van der Waals surface area contributed by atoms with Crippen molar-refractivity contribution in [2.45, 2.75) is 19.6 Å². The van der Waals surface area contributed by atoms with Crippen LogP contribution in [0.2, 0.25) is 0 Å². The first-order valence-electron chi connectivity index (χ1n) is 9.87. The first-order valence-corrected chi connectivity index (χ1v) is 11.9. The first kappa shape index (κ1) is 22.1. The van der Waals surface area contributed by atoms with E-state index in [1.54, 1.807) is 40.5 Å². The molecule has 0 fully saturated rings. The zero-order valence-electron chi connectivity index (χ0n) is 17.1. The topological polar surface area (TPSA) is 62.3 Å². The number of carbonyl (C=O) groups excluding carboxylic acids is 2. The molecule has 3 rings (SSSR count). The molecule has 5 nitrogen and oxygen atoms in total. The predicted molar refractivity (Wildman–Crippen MR) is 126 cm³/mol. The average molecular weight is 440 g/mol. The van der Waals surface area contributed by atoms with Crippen molar-refractivity contribution in [3.8, 4) is 10.6 Å². The fraction of sp³-hybridized carbons (Fsp3) is 0.261. The first-order chi connectivity index (χ1) is 14.6. The van der Waals surface area contributed by atoms with Crippen LogP contribution in [-0.4, -0.2) is 40.5 Å². The van der Waals surface area contributed by atoms with E-state index in [4.69, 9.17) is 0 Å². The number of hydrogen-bond donors (Lipinski definition) is 1. The average Bonchev–Trinajstić information content (AvgIpc) is 3.24. The van der Waals surface area contributed by atoms with Crippen molar-refractivity contribution < 1.29 is 9.59 Å². The lowest BCUT2D eigenvalue weighted by atomic mass is 10.2. The van der Waals surface area contributed by atoms with E-state index >= 15 is 0 Å². The number of rotatable bonds is 9. The van der Waals surface area contributed by atoms with Crippen molar-refractivity contribution >= 4 is 40.6 Å². The van der Waals surface area contributed by atoms with Crippen LogP contribution >= 0.6 is 23.1 Å². The molecule has 0 spiro atoms. The molecule has 3 aromatic rings. The van der Waals surface area contributed by atoms with E-state index in [2.05, 4.69) is 10.3 Å². The molecule has 0 bridgehead atoms. The third-order valence-electron chi connectivity index (χ3n) is 4.52. The van der Waals surface area contributed by atoms with E-state index < -0.39 is 0 Å². The lowest BCUT2D eigenvalue weighted by molar-refractivity contribution is -0.113. The zero-order chi connectivity index (χ0) is 21.3. The van der Waals surface area contributed by atoms with Gasteiger partial charge in [-0.15, -0.1) is 23.1 Å². The highest BCUT2D eigenvalue weighted by molar-refractivity contribution is 7.99. The molecular weight excluding hydrogens is 414 g/mol. The molecule has 0 saturated heterocycles. The van der Waals surface area contributed by atoms with Crippen molar-refractivity contribution in [2.75, 3.05) is 24.2 Å². The van der Waals surface area contributed by atoms with Gasteiger partial charge in [-0.2, -0.15) is 0 Å². The number of thioether (sulfide) groups is 1. The van der Waals surface area contributed by atoms with Crippen LogP contribution in [0.25, 0.3) is 10.6 Å². The Kier molecular flexibility index (Phi) is 8.04. The van der Waals surface area contributed by atoms with Gasteiger partial charge in [0.05, 0.1) is 11.4 Å². The number of benzene rings is 2. The molecule has 156 valence electrons. The smallest absolute Gasteiger partial charge is 0.253 e. The normalized spacial score (nSPS) is 10.6. The minimum Gasteiger partial charge on any atom is -0.339 e. The number of thiazole rings is 1. The van der Waals surface area contributed by atoms with Gasteiger partial charge in [0.25, 0.3) is 5.91 Å². The maximum absolute atomic E-state index is 12.3. The Labute approximate surface area is 185 Å². The molecule has 0 aliphatic heterocycles. The highest BCUT2D eigenvalue weighted by Gasteiger charge is 2.12. The Morgan fingerprint density at radius 1 is 1.03 bits per heavy atom. The van der Waals surface area contributed by atoms with E-state index in [1.165, 1.54) is 11.8 Å². The third kappa shape index (κ3) is 5.93. The molecule has 1 heterocycles. The number of carbonyl (C=O) groups is 2. The molecule has 0 atom stereocenters. The molecule has 7 heteroatoms. The van der Waals surface area contributed by atoms with E-state index in [-0.39, 0.29) is 11.8 Å². The van der Waals surface area contributed by atoms with Crippen LogP contribution in [0.5, 0.6) is 0 Å². The maximum atomic E-state index is 12.3. The van der Waals surface area contributed by atoms with Crippen molar-refractivity contribution in [1.29, 1.82) is 0 Å². The van der Waals surface area contributed by atoms with Gasteiger partial charge in [-0.25, -0.2) is 4.98 Å². The molecule has 30 heavy (non-hydrogen) atoms. The quantitative estimate of drug-likeness (QED) is 0.500. The molecular formula is C23H25N3O2S2. The summed E-state index contributed by atoms with van der Waals surface area (Å²) in [5, 5.41) is 5.92. The highest BCUT2D eigenvalue weighted by Crippen LogP contribution is 2.25. The Morgan fingerprint density at radius 2 is 1.73 bits per heavy atom. The van der Waals surface area contributed by atoms with Gasteiger partial charge in [0.15, 0.2) is 0 Å². The zero-order valence-corrected chi connectivity index (χ0v) is 18.8. The van der Waals surface area contributed by atoms with Crippen LogP contribution in [-0.2, 0) is 10.5 Å². The summed E-state index contributed by atoms with van der Waals surface area (Å²) in [6, 6.07) is 17.1. The van der Waals surface area contributed by atoms with Gasteiger partial charge in [0.2, 0.25) is 5.91 Å². The minimum atomic E-state index is -0.0682. The molecule has 0 aliphatic carbocycles. The van der Waals surface area contributed by atoms with Crippen LogP contribution in [0.3, 0.4) is 0 Å². The lowest BCUT2D eigenvalue weighted by Gasteiger charge is -2.18. The monoisotopic (exact) mass is 439 g/mol. The summed E-state index contributed by atoms with van der Waals surface area (Å²) >= 11 is 3.15. The molecule has 1 N–H and O–H groups in total. The van der Waals surface area contributed by atoms with Gasteiger partial charge in [-0.3, -0.25) is 9.59 Å². The minimum absolute atomic E-state index is 0.00608. The highest BCUT2D eigenvalue weighted by atomic mass is 32.2. The van der Waals surface area contributed by atoms with Crippen LogP contribution in [0, 0.1) is 0 Å². The summed E-state index contributed by atoms with van der Waals surface area (Å²) in [7, 11) is 0. The lowest BCUT2D eigenvalue weighted by Crippen LogP contribution is -2.30. The van der Waals surface area contributed by atoms with Crippen LogP contribution in [0.1, 0.15) is 29.9 Å². The standard InChI is InChI=1S/C23H25N3O2S2/c1-3-26(4-2)23(28)18-10-12-19(13-11-18)24-21(27)16-29-14-20-15-30-22(25-20)17-8-6-5-7-9-17/h5-13,15H,3-4,14,16H2,1-2H3,(H,24,27). The number of nitrogens with one attached hydrogen (secondary N) is 1. The van der Waals surface area contributed by atoms with E-state index in [0.29, 0.717) is 35.8 Å².